The van der Waals surface area contributed by atoms with Crippen molar-refractivity contribution >= 4 is 23.7 Å². The van der Waals surface area contributed by atoms with Crippen LogP contribution in [0.3, 0.4) is 0 Å². The van der Waals surface area contributed by atoms with E-state index < -0.39 is 0 Å². The van der Waals surface area contributed by atoms with Gasteiger partial charge in [-0.05, 0) is 23.6 Å². The van der Waals surface area contributed by atoms with Crippen LogP contribution in [-0.4, -0.2) is 11.2 Å². The van der Waals surface area contributed by atoms with Crippen LogP contribution in [0.1, 0.15) is 0 Å². The van der Waals surface area contributed by atoms with Gasteiger partial charge in [-0.1, -0.05) is 11.8 Å². The van der Waals surface area contributed by atoms with E-state index >= 15 is 0 Å². The summed E-state index contributed by atoms with van der Waals surface area (Å²) in [5, 5.41) is 2.94. The molecule has 0 saturated carbocycles. The zero-order valence-electron chi connectivity index (χ0n) is 5.77. The molecular formula is C8H6N2S. The molecule has 0 unspecified atom stereocenters. The van der Waals surface area contributed by atoms with Crippen LogP contribution in [0.2, 0.25) is 0 Å². The van der Waals surface area contributed by atoms with Gasteiger partial charge in [0.15, 0.2) is 0 Å². The van der Waals surface area contributed by atoms with Crippen LogP contribution in [0.5, 0.6) is 0 Å². The second-order valence-electron chi connectivity index (χ2n) is 2.05. The average Bonchev–Trinajstić information content (AvgIpc) is 2.28. The van der Waals surface area contributed by atoms with Crippen molar-refractivity contribution in [3.05, 3.63) is 29.8 Å². The third-order valence-electron chi connectivity index (χ3n) is 1.31. The molecule has 0 atom stereocenters. The first-order valence-corrected chi connectivity index (χ1v) is 4.16. The Bertz CT molecular complexity index is 318. The van der Waals surface area contributed by atoms with Crippen molar-refractivity contribution in [2.24, 2.45) is 4.99 Å². The van der Waals surface area contributed by atoms with Crippen LogP contribution in [0.4, 0.5) is 5.69 Å². The number of thioether (sulfide) groups is 1. The SMILES string of the molecule is C1=CSc2ncccc2N=C1. The predicted molar refractivity (Wildman–Crippen MR) is 47.4 cm³/mol. The van der Waals surface area contributed by atoms with Crippen molar-refractivity contribution in [2.75, 3.05) is 0 Å². The van der Waals surface area contributed by atoms with Gasteiger partial charge in [0, 0.05) is 12.4 Å². The molecule has 11 heavy (non-hydrogen) atoms. The average molecular weight is 162 g/mol. The molecule has 54 valence electrons. The summed E-state index contributed by atoms with van der Waals surface area (Å²) in [5.74, 6) is 0. The van der Waals surface area contributed by atoms with Crippen LogP contribution >= 0.6 is 11.8 Å². The zero-order valence-corrected chi connectivity index (χ0v) is 6.58. The highest BCUT2D eigenvalue weighted by molar-refractivity contribution is 8.02. The Morgan fingerprint density at radius 1 is 1.36 bits per heavy atom. The molecule has 1 aromatic rings. The summed E-state index contributed by atoms with van der Waals surface area (Å²) in [6.07, 6.45) is 5.47. The van der Waals surface area contributed by atoms with Gasteiger partial charge in [-0.15, -0.1) is 0 Å². The van der Waals surface area contributed by atoms with Crippen LogP contribution in [-0.2, 0) is 0 Å². The monoisotopic (exact) mass is 162 g/mol. The van der Waals surface area contributed by atoms with E-state index in [2.05, 4.69) is 9.98 Å². The molecule has 0 aliphatic carbocycles. The first-order chi connectivity index (χ1) is 5.47. The fraction of sp³-hybridized carbons (Fsp3) is 0. The fourth-order valence-corrected chi connectivity index (χ4v) is 1.47. The Morgan fingerprint density at radius 3 is 3.36 bits per heavy atom. The lowest BCUT2D eigenvalue weighted by molar-refractivity contribution is 1.13. The topological polar surface area (TPSA) is 25.2 Å². The molecule has 0 bridgehead atoms. The second kappa shape index (κ2) is 2.88. The normalized spacial score (nSPS) is 14.2. The minimum absolute atomic E-state index is 0.947. The third-order valence-corrected chi connectivity index (χ3v) is 2.14. The van der Waals surface area contributed by atoms with Crippen LogP contribution < -0.4 is 0 Å². The summed E-state index contributed by atoms with van der Waals surface area (Å²) in [6, 6.07) is 3.85. The van der Waals surface area contributed by atoms with Gasteiger partial charge in [-0.3, -0.25) is 4.99 Å². The van der Waals surface area contributed by atoms with Crippen molar-refractivity contribution < 1.29 is 0 Å². The molecule has 0 N–H and O–H groups in total. The highest BCUT2D eigenvalue weighted by Gasteiger charge is 2.00. The highest BCUT2D eigenvalue weighted by Crippen LogP contribution is 2.28. The van der Waals surface area contributed by atoms with E-state index in [1.807, 2.05) is 23.6 Å². The Balaban J connectivity index is 2.52. The number of aromatic nitrogens is 1. The van der Waals surface area contributed by atoms with E-state index in [1.165, 1.54) is 0 Å². The summed E-state index contributed by atoms with van der Waals surface area (Å²) in [6.45, 7) is 0. The lowest BCUT2D eigenvalue weighted by atomic mass is 10.4. The molecule has 2 rings (SSSR count). The number of hydrogen-bond acceptors (Lipinski definition) is 3. The van der Waals surface area contributed by atoms with Crippen molar-refractivity contribution in [2.45, 2.75) is 5.03 Å². The van der Waals surface area contributed by atoms with Crippen molar-refractivity contribution in [3.63, 3.8) is 0 Å². The first-order valence-electron chi connectivity index (χ1n) is 3.28. The van der Waals surface area contributed by atoms with Crippen LogP contribution in [0.25, 0.3) is 0 Å². The summed E-state index contributed by atoms with van der Waals surface area (Å²) >= 11 is 1.59. The van der Waals surface area contributed by atoms with Gasteiger partial charge in [0.05, 0.1) is 5.69 Å². The Hall–Kier alpha value is -1.09. The highest BCUT2D eigenvalue weighted by atomic mass is 32.2. The minimum atomic E-state index is 0.947. The van der Waals surface area contributed by atoms with Crippen molar-refractivity contribution in [3.8, 4) is 0 Å². The largest absolute Gasteiger partial charge is 0.254 e. The maximum Gasteiger partial charge on any atom is 0.126 e. The zero-order chi connectivity index (χ0) is 7.52. The van der Waals surface area contributed by atoms with E-state index in [4.69, 9.17) is 0 Å². The van der Waals surface area contributed by atoms with E-state index in [0.29, 0.717) is 0 Å². The number of hydrogen-bond donors (Lipinski definition) is 0. The number of pyridine rings is 1. The molecule has 2 nitrogen and oxygen atoms in total. The number of nitrogens with zero attached hydrogens (tertiary/aromatic N) is 2. The summed E-state index contributed by atoms with van der Waals surface area (Å²) < 4.78 is 0. The molecule has 0 radical (unpaired) electrons. The predicted octanol–water partition coefficient (Wildman–Crippen LogP) is 2.40. The van der Waals surface area contributed by atoms with E-state index in [0.717, 1.165) is 10.7 Å². The lowest BCUT2D eigenvalue weighted by Gasteiger charge is -1.96. The standard InChI is InChI=1S/C8H6N2S/c1-3-7-8(10-4-1)11-6-2-5-9-7/h1-6H. The first kappa shape index (κ1) is 6.61. The maximum atomic E-state index is 4.19. The van der Waals surface area contributed by atoms with E-state index in [9.17, 15) is 0 Å². The van der Waals surface area contributed by atoms with Crippen molar-refractivity contribution in [1.29, 1.82) is 0 Å². The van der Waals surface area contributed by atoms with Crippen LogP contribution in [0, 0.1) is 0 Å². The fourth-order valence-electron chi connectivity index (χ4n) is 0.834. The van der Waals surface area contributed by atoms with Gasteiger partial charge in [0.25, 0.3) is 0 Å². The quantitative estimate of drug-likeness (QED) is 0.585. The molecule has 1 aliphatic rings. The number of rotatable bonds is 0. The molecule has 0 amide bonds. The number of fused-ring (bicyclic) bond motifs is 1. The van der Waals surface area contributed by atoms with E-state index in [1.54, 1.807) is 24.2 Å². The molecule has 0 spiro atoms. The Labute approximate surface area is 69.1 Å². The molecule has 3 heteroatoms. The maximum absolute atomic E-state index is 4.19. The minimum Gasteiger partial charge on any atom is -0.254 e. The van der Waals surface area contributed by atoms with Gasteiger partial charge in [-0.25, -0.2) is 4.98 Å². The molecule has 0 fully saturated rings. The third kappa shape index (κ3) is 1.33. The molecule has 1 aromatic heterocycles. The Morgan fingerprint density at radius 2 is 2.36 bits per heavy atom. The molecule has 0 saturated heterocycles. The molecule has 2 heterocycles. The van der Waals surface area contributed by atoms with Gasteiger partial charge in [0.2, 0.25) is 0 Å². The van der Waals surface area contributed by atoms with Crippen LogP contribution in [0.15, 0.2) is 39.8 Å². The van der Waals surface area contributed by atoms with Gasteiger partial charge in [-0.2, -0.15) is 0 Å². The molecule has 0 aromatic carbocycles. The smallest absolute Gasteiger partial charge is 0.126 e. The van der Waals surface area contributed by atoms with Gasteiger partial charge in [0.1, 0.15) is 5.03 Å². The molecular weight excluding hydrogens is 156 g/mol. The number of allylic oxidation sites excluding steroid dienone is 1. The van der Waals surface area contributed by atoms with E-state index in [-0.39, 0.29) is 0 Å². The Kier molecular flexibility index (Phi) is 1.73. The summed E-state index contributed by atoms with van der Waals surface area (Å²) in [7, 11) is 0. The summed E-state index contributed by atoms with van der Waals surface area (Å²) in [5.41, 5.74) is 0.947. The van der Waals surface area contributed by atoms with Gasteiger partial charge < -0.3 is 0 Å². The van der Waals surface area contributed by atoms with Gasteiger partial charge >= 0.3 is 0 Å². The van der Waals surface area contributed by atoms with Crippen molar-refractivity contribution in [1.82, 2.24) is 4.98 Å². The second-order valence-corrected chi connectivity index (χ2v) is 2.95. The summed E-state index contributed by atoms with van der Waals surface area (Å²) in [4.78, 5) is 8.37. The lowest BCUT2D eigenvalue weighted by Crippen LogP contribution is -1.75. The molecule has 1 aliphatic heterocycles. The number of aliphatic imine (C=N–C) groups is 1.